The van der Waals surface area contributed by atoms with Crippen LogP contribution in [0.15, 0.2) is 24.3 Å². The number of carbonyl (C=O) groups excluding carboxylic acids is 1. The number of nitrogens with two attached hydrogens (primary N) is 1. The topological polar surface area (TPSA) is 86.8 Å². The first-order valence-electron chi connectivity index (χ1n) is 6.01. The smallest absolute Gasteiger partial charge is 0.217 e. The summed E-state index contributed by atoms with van der Waals surface area (Å²) in [6.45, 7) is 1.01. The van der Waals surface area contributed by atoms with Gasteiger partial charge in [0.1, 0.15) is 0 Å². The summed E-state index contributed by atoms with van der Waals surface area (Å²) in [6.07, 6.45) is 0.929. The summed E-state index contributed by atoms with van der Waals surface area (Å²) in [5.74, 6) is -0.317. The minimum Gasteiger partial charge on any atom is -0.395 e. The molecule has 0 bridgehead atoms. The zero-order valence-electron chi connectivity index (χ0n) is 10.4. The molecule has 18 heavy (non-hydrogen) atoms. The van der Waals surface area contributed by atoms with E-state index in [1.54, 1.807) is 0 Å². The lowest BCUT2D eigenvalue weighted by Gasteiger charge is -2.23. The molecular formula is C13H20N2O3. The van der Waals surface area contributed by atoms with E-state index in [0.29, 0.717) is 25.9 Å². The van der Waals surface area contributed by atoms with Gasteiger partial charge in [0.25, 0.3) is 0 Å². The Hall–Kier alpha value is -1.59. The van der Waals surface area contributed by atoms with Crippen LogP contribution in [0.25, 0.3) is 0 Å². The van der Waals surface area contributed by atoms with Gasteiger partial charge in [-0.15, -0.1) is 0 Å². The number of amides is 1. The lowest BCUT2D eigenvalue weighted by atomic mass is 10.1. The third-order valence-corrected chi connectivity index (χ3v) is 2.68. The number of primary amides is 1. The zero-order valence-corrected chi connectivity index (χ0v) is 10.4. The molecule has 1 rings (SSSR count). The monoisotopic (exact) mass is 252 g/mol. The second-order valence-corrected chi connectivity index (χ2v) is 4.07. The Morgan fingerprint density at radius 2 is 1.89 bits per heavy atom. The number of hydrogen-bond donors (Lipinski definition) is 3. The summed E-state index contributed by atoms with van der Waals surface area (Å²) >= 11 is 0. The van der Waals surface area contributed by atoms with Crippen LogP contribution < -0.4 is 10.6 Å². The summed E-state index contributed by atoms with van der Waals surface area (Å²) in [6, 6.07) is 7.70. The third-order valence-electron chi connectivity index (χ3n) is 2.68. The minimum atomic E-state index is -0.317. The van der Waals surface area contributed by atoms with Gasteiger partial charge < -0.3 is 20.8 Å². The molecule has 4 N–H and O–H groups in total. The molecule has 1 aromatic carbocycles. The number of rotatable bonds is 8. The molecule has 0 saturated carbocycles. The summed E-state index contributed by atoms with van der Waals surface area (Å²) in [5.41, 5.74) is 7.07. The zero-order chi connectivity index (χ0) is 13.4. The van der Waals surface area contributed by atoms with E-state index in [-0.39, 0.29) is 19.1 Å². The molecule has 0 unspecified atom stereocenters. The number of carbonyl (C=O) groups is 1. The van der Waals surface area contributed by atoms with E-state index in [1.807, 2.05) is 29.2 Å². The number of aryl methyl sites for hydroxylation is 1. The lowest BCUT2D eigenvalue weighted by molar-refractivity contribution is -0.117. The summed E-state index contributed by atoms with van der Waals surface area (Å²) in [7, 11) is 0. The van der Waals surface area contributed by atoms with Crippen molar-refractivity contribution in [1.29, 1.82) is 0 Å². The standard InChI is InChI=1S/C13H20N2O3/c14-13(18)5-4-11-2-1-3-12(10-11)15(6-8-16)7-9-17/h1-3,10,16-17H,4-9H2,(H2,14,18). The van der Waals surface area contributed by atoms with Crippen LogP contribution in [-0.2, 0) is 11.2 Å². The van der Waals surface area contributed by atoms with Crippen molar-refractivity contribution in [3.05, 3.63) is 29.8 Å². The highest BCUT2D eigenvalue weighted by atomic mass is 16.3. The fourth-order valence-corrected chi connectivity index (χ4v) is 1.79. The van der Waals surface area contributed by atoms with Gasteiger partial charge in [-0.3, -0.25) is 4.79 Å². The molecule has 1 amide bonds. The van der Waals surface area contributed by atoms with E-state index >= 15 is 0 Å². The molecule has 0 aliphatic carbocycles. The van der Waals surface area contributed by atoms with Crippen molar-refractivity contribution in [3.63, 3.8) is 0 Å². The average molecular weight is 252 g/mol. The van der Waals surface area contributed by atoms with Gasteiger partial charge >= 0.3 is 0 Å². The Labute approximate surface area is 107 Å². The Bertz CT molecular complexity index is 376. The molecule has 0 aromatic heterocycles. The Kier molecular flexibility index (Phi) is 6.18. The second-order valence-electron chi connectivity index (χ2n) is 4.07. The van der Waals surface area contributed by atoms with Gasteiger partial charge in [0, 0.05) is 25.2 Å². The predicted octanol–water partition coefficient (Wildman–Crippen LogP) is -0.105. The van der Waals surface area contributed by atoms with Crippen molar-refractivity contribution >= 4 is 11.6 Å². The molecular weight excluding hydrogens is 232 g/mol. The van der Waals surface area contributed by atoms with E-state index in [9.17, 15) is 4.79 Å². The maximum absolute atomic E-state index is 10.7. The molecule has 0 spiro atoms. The SMILES string of the molecule is NC(=O)CCc1cccc(N(CCO)CCO)c1. The number of aliphatic hydroxyl groups is 2. The van der Waals surface area contributed by atoms with E-state index < -0.39 is 0 Å². The maximum Gasteiger partial charge on any atom is 0.217 e. The molecule has 0 atom stereocenters. The molecule has 0 saturated heterocycles. The summed E-state index contributed by atoms with van der Waals surface area (Å²) in [5, 5.41) is 18.0. The van der Waals surface area contributed by atoms with Crippen LogP contribution in [0, 0.1) is 0 Å². The molecule has 5 nitrogen and oxygen atoms in total. The Morgan fingerprint density at radius 1 is 1.22 bits per heavy atom. The van der Waals surface area contributed by atoms with Gasteiger partial charge in [-0.1, -0.05) is 12.1 Å². The van der Waals surface area contributed by atoms with Crippen molar-refractivity contribution < 1.29 is 15.0 Å². The van der Waals surface area contributed by atoms with Gasteiger partial charge in [0.05, 0.1) is 13.2 Å². The Morgan fingerprint density at radius 3 is 2.44 bits per heavy atom. The van der Waals surface area contributed by atoms with Crippen LogP contribution in [0.2, 0.25) is 0 Å². The molecule has 100 valence electrons. The second kappa shape index (κ2) is 7.68. The predicted molar refractivity (Wildman–Crippen MR) is 70.3 cm³/mol. The number of hydrogen-bond acceptors (Lipinski definition) is 4. The average Bonchev–Trinajstić information content (AvgIpc) is 2.36. The maximum atomic E-state index is 10.7. The van der Waals surface area contributed by atoms with Gasteiger partial charge in [-0.2, -0.15) is 0 Å². The van der Waals surface area contributed by atoms with Crippen LogP contribution in [-0.4, -0.2) is 42.4 Å². The molecule has 0 aliphatic heterocycles. The Balaban J connectivity index is 2.74. The van der Waals surface area contributed by atoms with Crippen LogP contribution in [0.1, 0.15) is 12.0 Å². The number of nitrogens with zero attached hydrogens (tertiary/aromatic N) is 1. The van der Waals surface area contributed by atoms with Gasteiger partial charge in [-0.05, 0) is 24.1 Å². The van der Waals surface area contributed by atoms with E-state index in [2.05, 4.69) is 0 Å². The van der Waals surface area contributed by atoms with Crippen LogP contribution in [0.5, 0.6) is 0 Å². The molecule has 5 heteroatoms. The van der Waals surface area contributed by atoms with Crippen molar-refractivity contribution in [2.24, 2.45) is 5.73 Å². The van der Waals surface area contributed by atoms with E-state index in [4.69, 9.17) is 15.9 Å². The molecule has 0 aliphatic rings. The van der Waals surface area contributed by atoms with Crippen LogP contribution in [0.4, 0.5) is 5.69 Å². The van der Waals surface area contributed by atoms with Crippen molar-refractivity contribution in [2.45, 2.75) is 12.8 Å². The van der Waals surface area contributed by atoms with E-state index in [1.165, 1.54) is 0 Å². The normalized spacial score (nSPS) is 10.3. The molecule has 0 fully saturated rings. The largest absolute Gasteiger partial charge is 0.395 e. The highest BCUT2D eigenvalue weighted by molar-refractivity contribution is 5.74. The van der Waals surface area contributed by atoms with Crippen molar-refractivity contribution in [3.8, 4) is 0 Å². The first-order chi connectivity index (χ1) is 8.67. The first kappa shape index (κ1) is 14.5. The lowest BCUT2D eigenvalue weighted by Crippen LogP contribution is -2.29. The fourth-order valence-electron chi connectivity index (χ4n) is 1.79. The summed E-state index contributed by atoms with van der Waals surface area (Å²) in [4.78, 5) is 12.6. The molecule has 0 heterocycles. The number of benzene rings is 1. The van der Waals surface area contributed by atoms with E-state index in [0.717, 1.165) is 11.3 Å². The minimum absolute atomic E-state index is 0.0332. The number of anilines is 1. The summed E-state index contributed by atoms with van der Waals surface area (Å²) < 4.78 is 0. The first-order valence-corrected chi connectivity index (χ1v) is 6.01. The van der Waals surface area contributed by atoms with Crippen molar-refractivity contribution in [2.75, 3.05) is 31.2 Å². The van der Waals surface area contributed by atoms with Gasteiger partial charge in [-0.25, -0.2) is 0 Å². The highest BCUT2D eigenvalue weighted by Crippen LogP contribution is 2.16. The van der Waals surface area contributed by atoms with Gasteiger partial charge in [0.15, 0.2) is 0 Å². The highest BCUT2D eigenvalue weighted by Gasteiger charge is 2.06. The number of aliphatic hydroxyl groups excluding tert-OH is 2. The van der Waals surface area contributed by atoms with Crippen molar-refractivity contribution in [1.82, 2.24) is 0 Å². The van der Waals surface area contributed by atoms with Crippen LogP contribution in [0.3, 0.4) is 0 Å². The fraction of sp³-hybridized carbons (Fsp3) is 0.462. The molecule has 1 aromatic rings. The molecule has 0 radical (unpaired) electrons. The third kappa shape index (κ3) is 4.73. The quantitative estimate of drug-likeness (QED) is 0.603. The van der Waals surface area contributed by atoms with Crippen LogP contribution >= 0.6 is 0 Å². The van der Waals surface area contributed by atoms with Gasteiger partial charge in [0.2, 0.25) is 5.91 Å².